The van der Waals surface area contributed by atoms with Crippen molar-refractivity contribution in [2.45, 2.75) is 38.8 Å². The Labute approximate surface area is 135 Å². The fourth-order valence-electron chi connectivity index (χ4n) is 3.06. The standard InChI is InChI=1S/C15H22N4O4/c1-11(2)17-8-6-12(7-9-17)16(3)14-5-4-13(18(20)21)10-15(14)19(22)23/h4-5,10-12H,6-9H2,1-3H3. The molecule has 0 bridgehead atoms. The van der Waals surface area contributed by atoms with Crippen molar-refractivity contribution >= 4 is 17.1 Å². The maximum atomic E-state index is 11.3. The first-order valence-electron chi connectivity index (χ1n) is 7.71. The molecule has 1 aliphatic heterocycles. The predicted octanol–water partition coefficient (Wildman–Crippen LogP) is 2.81. The summed E-state index contributed by atoms with van der Waals surface area (Å²) in [5.41, 5.74) is -0.0416. The molecule has 1 aromatic rings. The van der Waals surface area contributed by atoms with Crippen LogP contribution in [0.2, 0.25) is 0 Å². The van der Waals surface area contributed by atoms with E-state index in [1.165, 1.54) is 12.1 Å². The molecule has 23 heavy (non-hydrogen) atoms. The second kappa shape index (κ2) is 6.91. The van der Waals surface area contributed by atoms with Gasteiger partial charge >= 0.3 is 0 Å². The zero-order valence-corrected chi connectivity index (χ0v) is 13.6. The Hall–Kier alpha value is -2.22. The van der Waals surface area contributed by atoms with Gasteiger partial charge in [0.2, 0.25) is 0 Å². The van der Waals surface area contributed by atoms with Gasteiger partial charge in [0, 0.05) is 38.3 Å². The number of nitro benzene ring substituents is 2. The van der Waals surface area contributed by atoms with E-state index in [0.717, 1.165) is 32.0 Å². The van der Waals surface area contributed by atoms with Gasteiger partial charge in [-0.05, 0) is 32.8 Å². The maximum Gasteiger partial charge on any atom is 0.299 e. The van der Waals surface area contributed by atoms with E-state index in [1.54, 1.807) is 0 Å². The third-order valence-electron chi connectivity index (χ3n) is 4.52. The number of nitrogens with zero attached hydrogens (tertiary/aromatic N) is 4. The highest BCUT2D eigenvalue weighted by Gasteiger charge is 2.28. The lowest BCUT2D eigenvalue weighted by Crippen LogP contribution is -2.45. The molecule has 0 amide bonds. The van der Waals surface area contributed by atoms with Crippen molar-refractivity contribution in [1.29, 1.82) is 0 Å². The summed E-state index contributed by atoms with van der Waals surface area (Å²) in [5, 5.41) is 22.1. The van der Waals surface area contributed by atoms with Crippen molar-refractivity contribution in [3.63, 3.8) is 0 Å². The molecule has 0 atom stereocenters. The normalized spacial score (nSPS) is 16.5. The molecule has 126 valence electrons. The van der Waals surface area contributed by atoms with Crippen molar-refractivity contribution < 1.29 is 9.85 Å². The van der Waals surface area contributed by atoms with E-state index >= 15 is 0 Å². The minimum atomic E-state index is -0.613. The third kappa shape index (κ3) is 3.76. The number of benzene rings is 1. The van der Waals surface area contributed by atoms with Crippen LogP contribution < -0.4 is 4.90 Å². The summed E-state index contributed by atoms with van der Waals surface area (Å²) in [7, 11) is 1.82. The quantitative estimate of drug-likeness (QED) is 0.611. The fourth-order valence-corrected chi connectivity index (χ4v) is 3.06. The highest BCUT2D eigenvalue weighted by Crippen LogP contribution is 2.34. The molecule has 1 saturated heterocycles. The lowest BCUT2D eigenvalue weighted by atomic mass is 10.0. The van der Waals surface area contributed by atoms with E-state index < -0.39 is 9.85 Å². The Morgan fingerprint density at radius 1 is 1.17 bits per heavy atom. The van der Waals surface area contributed by atoms with E-state index in [4.69, 9.17) is 0 Å². The van der Waals surface area contributed by atoms with Crippen LogP contribution in [0.25, 0.3) is 0 Å². The molecule has 0 aliphatic carbocycles. The SMILES string of the molecule is CC(C)N1CCC(N(C)c2ccc([N+](=O)[O-])cc2[N+](=O)[O-])CC1. The van der Waals surface area contributed by atoms with E-state index in [2.05, 4.69) is 18.7 Å². The Kier molecular flexibility index (Phi) is 5.15. The fraction of sp³-hybridized carbons (Fsp3) is 0.600. The maximum absolute atomic E-state index is 11.3. The Morgan fingerprint density at radius 2 is 1.78 bits per heavy atom. The molecule has 1 aromatic carbocycles. The Bertz CT molecular complexity index is 597. The van der Waals surface area contributed by atoms with Gasteiger partial charge in [-0.2, -0.15) is 0 Å². The molecule has 8 heteroatoms. The van der Waals surface area contributed by atoms with Crippen molar-refractivity contribution in [3.8, 4) is 0 Å². The molecule has 0 N–H and O–H groups in total. The number of anilines is 1. The van der Waals surface area contributed by atoms with Crippen LogP contribution >= 0.6 is 0 Å². The minimum absolute atomic E-state index is 0.199. The highest BCUT2D eigenvalue weighted by atomic mass is 16.6. The summed E-state index contributed by atoms with van der Waals surface area (Å²) in [5.74, 6) is 0. The zero-order valence-electron chi connectivity index (χ0n) is 13.6. The number of piperidine rings is 1. The first-order valence-corrected chi connectivity index (χ1v) is 7.71. The van der Waals surface area contributed by atoms with Gasteiger partial charge in [0.1, 0.15) is 5.69 Å². The summed E-state index contributed by atoms with van der Waals surface area (Å²) in [6.07, 6.45) is 1.84. The molecule has 0 spiro atoms. The van der Waals surface area contributed by atoms with Gasteiger partial charge in [0.05, 0.1) is 15.9 Å². The lowest BCUT2D eigenvalue weighted by Gasteiger charge is -2.39. The molecule has 1 heterocycles. The third-order valence-corrected chi connectivity index (χ3v) is 4.52. The molecule has 0 saturated carbocycles. The largest absolute Gasteiger partial charge is 0.366 e. The monoisotopic (exact) mass is 322 g/mol. The van der Waals surface area contributed by atoms with Gasteiger partial charge in [-0.15, -0.1) is 0 Å². The molecular formula is C15H22N4O4. The van der Waals surface area contributed by atoms with E-state index in [1.807, 2.05) is 11.9 Å². The molecule has 2 rings (SSSR count). The van der Waals surface area contributed by atoms with Crippen LogP contribution in [0.5, 0.6) is 0 Å². The average Bonchev–Trinajstić information content (AvgIpc) is 2.53. The number of non-ortho nitro benzene ring substituents is 1. The summed E-state index contributed by atoms with van der Waals surface area (Å²) >= 11 is 0. The van der Waals surface area contributed by atoms with Crippen LogP contribution in [0.4, 0.5) is 17.1 Å². The predicted molar refractivity (Wildman–Crippen MR) is 87.9 cm³/mol. The first kappa shape index (κ1) is 17.1. The van der Waals surface area contributed by atoms with Gasteiger partial charge in [-0.3, -0.25) is 20.2 Å². The number of nitro groups is 2. The number of hydrogen-bond donors (Lipinski definition) is 0. The van der Waals surface area contributed by atoms with E-state index in [9.17, 15) is 20.2 Å². The van der Waals surface area contributed by atoms with Gasteiger partial charge in [-0.25, -0.2) is 0 Å². The summed E-state index contributed by atoms with van der Waals surface area (Å²) in [6, 6.07) is 4.53. The number of rotatable bonds is 5. The molecule has 1 fully saturated rings. The average molecular weight is 322 g/mol. The summed E-state index contributed by atoms with van der Waals surface area (Å²) in [4.78, 5) is 25.2. The first-order chi connectivity index (χ1) is 10.8. The van der Waals surface area contributed by atoms with Gasteiger partial charge in [0.15, 0.2) is 0 Å². The second-order valence-corrected chi connectivity index (χ2v) is 6.16. The Balaban J connectivity index is 2.21. The molecule has 0 unspecified atom stereocenters. The summed E-state index contributed by atoms with van der Waals surface area (Å²) < 4.78 is 0. The highest BCUT2D eigenvalue weighted by molar-refractivity contribution is 5.67. The lowest BCUT2D eigenvalue weighted by molar-refractivity contribution is -0.393. The minimum Gasteiger partial charge on any atom is -0.366 e. The van der Waals surface area contributed by atoms with Crippen LogP contribution in [0.1, 0.15) is 26.7 Å². The number of hydrogen-bond acceptors (Lipinski definition) is 6. The van der Waals surface area contributed by atoms with E-state index in [-0.39, 0.29) is 17.4 Å². The van der Waals surface area contributed by atoms with Crippen LogP contribution in [0.3, 0.4) is 0 Å². The molecule has 8 nitrogen and oxygen atoms in total. The van der Waals surface area contributed by atoms with E-state index in [0.29, 0.717) is 11.7 Å². The van der Waals surface area contributed by atoms with Crippen molar-refractivity contribution in [2.24, 2.45) is 0 Å². The molecule has 0 aromatic heterocycles. The smallest absolute Gasteiger partial charge is 0.299 e. The van der Waals surface area contributed by atoms with Gasteiger partial charge in [-0.1, -0.05) is 0 Å². The summed E-state index contributed by atoms with van der Waals surface area (Å²) in [6.45, 7) is 6.22. The van der Waals surface area contributed by atoms with Crippen LogP contribution in [-0.4, -0.2) is 47.0 Å². The second-order valence-electron chi connectivity index (χ2n) is 6.16. The van der Waals surface area contributed by atoms with Crippen LogP contribution in [0, 0.1) is 20.2 Å². The topological polar surface area (TPSA) is 92.8 Å². The molecular weight excluding hydrogens is 300 g/mol. The van der Waals surface area contributed by atoms with Crippen molar-refractivity contribution in [1.82, 2.24) is 4.90 Å². The van der Waals surface area contributed by atoms with Gasteiger partial charge in [0.25, 0.3) is 11.4 Å². The van der Waals surface area contributed by atoms with Crippen LogP contribution in [0.15, 0.2) is 18.2 Å². The Morgan fingerprint density at radius 3 is 2.26 bits per heavy atom. The van der Waals surface area contributed by atoms with Gasteiger partial charge < -0.3 is 9.80 Å². The van der Waals surface area contributed by atoms with Crippen molar-refractivity contribution in [2.75, 3.05) is 25.0 Å². The molecule has 1 aliphatic rings. The number of likely N-dealkylation sites (tertiary alicyclic amines) is 1. The molecule has 0 radical (unpaired) electrons. The van der Waals surface area contributed by atoms with Crippen molar-refractivity contribution in [3.05, 3.63) is 38.4 Å². The zero-order chi connectivity index (χ0) is 17.1. The van der Waals surface area contributed by atoms with Crippen LogP contribution in [-0.2, 0) is 0 Å².